The third kappa shape index (κ3) is 4.34. The van der Waals surface area contributed by atoms with Crippen LogP contribution < -0.4 is 10.6 Å². The van der Waals surface area contributed by atoms with Crippen molar-refractivity contribution in [1.29, 1.82) is 0 Å². The van der Waals surface area contributed by atoms with E-state index in [1.807, 2.05) is 30.3 Å². The predicted molar refractivity (Wildman–Crippen MR) is 91.9 cm³/mol. The molecule has 0 bridgehead atoms. The van der Waals surface area contributed by atoms with Crippen molar-refractivity contribution < 1.29 is 0 Å². The highest BCUT2D eigenvalue weighted by Gasteiger charge is 2.12. The summed E-state index contributed by atoms with van der Waals surface area (Å²) in [5.41, 5.74) is 0.888. The van der Waals surface area contributed by atoms with Gasteiger partial charge < -0.3 is 10.6 Å². The standard InChI is InChI=1S/C17H21ClN4/c18-13-6-5-9-15(12-13)21-17-19-11-10-16(22-17)20-14-7-3-1-2-4-8-14/h5-6,9-12,14H,1-4,7-8H2,(H2,19,20,21,22). The summed E-state index contributed by atoms with van der Waals surface area (Å²) in [6.07, 6.45) is 9.53. The van der Waals surface area contributed by atoms with E-state index in [0.717, 1.165) is 11.5 Å². The van der Waals surface area contributed by atoms with Crippen molar-refractivity contribution in [3.05, 3.63) is 41.6 Å². The van der Waals surface area contributed by atoms with Gasteiger partial charge in [-0.05, 0) is 37.1 Å². The molecular weight excluding hydrogens is 296 g/mol. The number of nitrogens with one attached hydrogen (secondary N) is 2. The fourth-order valence-electron chi connectivity index (χ4n) is 2.83. The van der Waals surface area contributed by atoms with E-state index < -0.39 is 0 Å². The molecule has 2 N–H and O–H groups in total. The Labute approximate surface area is 136 Å². The molecule has 1 aromatic carbocycles. The van der Waals surface area contributed by atoms with E-state index in [1.54, 1.807) is 6.20 Å². The summed E-state index contributed by atoms with van der Waals surface area (Å²) in [7, 11) is 0. The molecule has 1 aromatic heterocycles. The molecule has 1 aliphatic carbocycles. The highest BCUT2D eigenvalue weighted by atomic mass is 35.5. The van der Waals surface area contributed by atoms with Crippen molar-refractivity contribution >= 4 is 29.1 Å². The SMILES string of the molecule is Clc1cccc(Nc2nccc(NC3CCCCCC3)n2)c1. The van der Waals surface area contributed by atoms with Gasteiger partial charge in [-0.2, -0.15) is 4.98 Å². The van der Waals surface area contributed by atoms with E-state index in [-0.39, 0.29) is 0 Å². The largest absolute Gasteiger partial charge is 0.367 e. The van der Waals surface area contributed by atoms with Gasteiger partial charge in [0.05, 0.1) is 0 Å². The Bertz CT molecular complexity index is 609. The third-order valence-corrected chi connectivity index (χ3v) is 4.18. The summed E-state index contributed by atoms with van der Waals surface area (Å²) in [4.78, 5) is 8.82. The summed E-state index contributed by atoms with van der Waals surface area (Å²) in [5.74, 6) is 1.47. The Hall–Kier alpha value is -1.81. The van der Waals surface area contributed by atoms with Gasteiger partial charge in [-0.15, -0.1) is 0 Å². The van der Waals surface area contributed by atoms with Crippen LogP contribution in [-0.2, 0) is 0 Å². The van der Waals surface area contributed by atoms with E-state index in [9.17, 15) is 0 Å². The van der Waals surface area contributed by atoms with Crippen LogP contribution in [0.4, 0.5) is 17.5 Å². The topological polar surface area (TPSA) is 49.8 Å². The van der Waals surface area contributed by atoms with Crippen LogP contribution in [0, 0.1) is 0 Å². The highest BCUT2D eigenvalue weighted by Crippen LogP contribution is 2.22. The summed E-state index contributed by atoms with van der Waals surface area (Å²) >= 11 is 5.99. The molecule has 1 heterocycles. The second-order valence-electron chi connectivity index (χ2n) is 5.73. The van der Waals surface area contributed by atoms with Crippen LogP contribution in [-0.4, -0.2) is 16.0 Å². The molecule has 5 heteroatoms. The fourth-order valence-corrected chi connectivity index (χ4v) is 3.02. The number of rotatable bonds is 4. The Morgan fingerprint density at radius 1 is 1.05 bits per heavy atom. The summed E-state index contributed by atoms with van der Waals surface area (Å²) in [5, 5.41) is 7.42. The van der Waals surface area contributed by atoms with Gasteiger partial charge >= 0.3 is 0 Å². The highest BCUT2D eigenvalue weighted by molar-refractivity contribution is 6.30. The maximum Gasteiger partial charge on any atom is 0.229 e. The molecular formula is C17H21ClN4. The smallest absolute Gasteiger partial charge is 0.229 e. The van der Waals surface area contributed by atoms with Crippen LogP contribution in [0.15, 0.2) is 36.5 Å². The first-order valence-corrected chi connectivity index (χ1v) is 8.29. The van der Waals surface area contributed by atoms with E-state index in [4.69, 9.17) is 11.6 Å². The van der Waals surface area contributed by atoms with Crippen molar-refractivity contribution in [2.24, 2.45) is 0 Å². The molecule has 1 fully saturated rings. The van der Waals surface area contributed by atoms with Crippen LogP contribution in [0.25, 0.3) is 0 Å². The van der Waals surface area contributed by atoms with Gasteiger partial charge in [-0.3, -0.25) is 0 Å². The molecule has 1 aliphatic rings. The molecule has 116 valence electrons. The summed E-state index contributed by atoms with van der Waals surface area (Å²) < 4.78 is 0. The first-order chi connectivity index (χ1) is 10.8. The van der Waals surface area contributed by atoms with Crippen molar-refractivity contribution in [2.75, 3.05) is 10.6 Å². The number of hydrogen-bond acceptors (Lipinski definition) is 4. The molecule has 4 nitrogen and oxygen atoms in total. The van der Waals surface area contributed by atoms with E-state index in [0.29, 0.717) is 17.0 Å². The van der Waals surface area contributed by atoms with Gasteiger partial charge in [-0.1, -0.05) is 43.4 Å². The molecule has 0 amide bonds. The lowest BCUT2D eigenvalue weighted by Gasteiger charge is -2.17. The molecule has 22 heavy (non-hydrogen) atoms. The molecule has 0 atom stereocenters. The molecule has 0 aliphatic heterocycles. The van der Waals surface area contributed by atoms with Gasteiger partial charge in [-0.25, -0.2) is 4.98 Å². The van der Waals surface area contributed by atoms with E-state index in [1.165, 1.54) is 38.5 Å². The van der Waals surface area contributed by atoms with Crippen molar-refractivity contribution in [1.82, 2.24) is 9.97 Å². The lowest BCUT2D eigenvalue weighted by molar-refractivity contribution is 0.617. The Morgan fingerprint density at radius 2 is 1.86 bits per heavy atom. The van der Waals surface area contributed by atoms with Crippen LogP contribution in [0.5, 0.6) is 0 Å². The molecule has 3 rings (SSSR count). The minimum Gasteiger partial charge on any atom is -0.367 e. The number of nitrogens with zero attached hydrogens (tertiary/aromatic N) is 2. The monoisotopic (exact) mass is 316 g/mol. The molecule has 2 aromatic rings. The molecule has 0 unspecified atom stereocenters. The molecule has 1 saturated carbocycles. The lowest BCUT2D eigenvalue weighted by atomic mass is 10.1. The predicted octanol–water partition coefficient (Wildman–Crippen LogP) is 5.01. The van der Waals surface area contributed by atoms with Gasteiger partial charge in [0.2, 0.25) is 5.95 Å². The minimum absolute atomic E-state index is 0.524. The average Bonchev–Trinajstić information content (AvgIpc) is 2.76. The second kappa shape index (κ2) is 7.45. The zero-order valence-corrected chi connectivity index (χ0v) is 13.3. The second-order valence-corrected chi connectivity index (χ2v) is 6.17. The van der Waals surface area contributed by atoms with Crippen LogP contribution in [0.1, 0.15) is 38.5 Å². The molecule has 0 saturated heterocycles. The Balaban J connectivity index is 1.66. The van der Waals surface area contributed by atoms with Gasteiger partial charge in [0.15, 0.2) is 0 Å². The van der Waals surface area contributed by atoms with Gasteiger partial charge in [0, 0.05) is 22.9 Å². The van der Waals surface area contributed by atoms with Crippen LogP contribution >= 0.6 is 11.6 Å². The maximum absolute atomic E-state index is 5.99. The van der Waals surface area contributed by atoms with Crippen molar-refractivity contribution in [3.63, 3.8) is 0 Å². The average molecular weight is 317 g/mol. The fraction of sp³-hybridized carbons (Fsp3) is 0.412. The maximum atomic E-state index is 5.99. The molecule has 0 radical (unpaired) electrons. The Morgan fingerprint density at radius 3 is 2.64 bits per heavy atom. The van der Waals surface area contributed by atoms with Crippen molar-refractivity contribution in [2.45, 2.75) is 44.6 Å². The number of aromatic nitrogens is 2. The third-order valence-electron chi connectivity index (χ3n) is 3.94. The van der Waals surface area contributed by atoms with Crippen molar-refractivity contribution in [3.8, 4) is 0 Å². The lowest BCUT2D eigenvalue weighted by Crippen LogP contribution is -2.19. The summed E-state index contributed by atoms with van der Waals surface area (Å²) in [6, 6.07) is 10.00. The number of benzene rings is 1. The quantitative estimate of drug-likeness (QED) is 0.779. The Kier molecular flexibility index (Phi) is 5.11. The zero-order valence-electron chi connectivity index (χ0n) is 12.6. The first-order valence-electron chi connectivity index (χ1n) is 7.92. The van der Waals surface area contributed by atoms with Gasteiger partial charge in [0.25, 0.3) is 0 Å². The minimum atomic E-state index is 0.524. The first kappa shape index (κ1) is 15.1. The van der Waals surface area contributed by atoms with Crippen LogP contribution in [0.3, 0.4) is 0 Å². The van der Waals surface area contributed by atoms with Crippen LogP contribution in [0.2, 0.25) is 5.02 Å². The summed E-state index contributed by atoms with van der Waals surface area (Å²) in [6.45, 7) is 0. The van der Waals surface area contributed by atoms with E-state index >= 15 is 0 Å². The normalized spacial score (nSPS) is 16.0. The number of anilines is 3. The molecule has 0 spiro atoms. The zero-order chi connectivity index (χ0) is 15.2. The van der Waals surface area contributed by atoms with Gasteiger partial charge in [0.1, 0.15) is 5.82 Å². The number of hydrogen-bond donors (Lipinski definition) is 2. The van der Waals surface area contributed by atoms with E-state index in [2.05, 4.69) is 20.6 Å². The number of halogens is 1.